The molecule has 5 amide bonds. The average molecular weight is 1280 g/mol. The third-order valence-electron chi connectivity index (χ3n) is 14.1. The fourth-order valence-corrected chi connectivity index (χ4v) is 8.89. The van der Waals surface area contributed by atoms with E-state index < -0.39 is 46.4 Å². The molecular weight excluding hydrogens is 1200 g/mol. The maximum Gasteiger partial charge on any atom is 0.413 e. The average Bonchev–Trinajstić information content (AvgIpc) is 0.823. The van der Waals surface area contributed by atoms with Crippen LogP contribution in [0.4, 0.5) is 27.8 Å². The molecule has 0 bridgehead atoms. The number of phenolic OH excluding ortho intramolecular Hbond substituents is 1. The lowest BCUT2D eigenvalue weighted by Crippen LogP contribution is -2.35. The van der Waals surface area contributed by atoms with Crippen LogP contribution in [0.25, 0.3) is 22.5 Å². The SMILES string of the molecule is CC[C@H](C)NC(=O)c1cc(-c2cnc(NC(C)C)c(=O)n2CC(=O)NCc2ccc(C(=N)NC(=O)OCc3ccccc3)cc2OC)cc([N+](=O)[O-])c1.CC[C@H](C)NC(=O)c1cc(N)cc(-c2cnc(NC(C)C)c(=O)n2CC(=O)NCc2ccc(C(=N)N)cc2O)c1. The zero-order chi connectivity index (χ0) is 68.2. The first-order valence-electron chi connectivity index (χ1n) is 29.7. The number of rotatable bonds is 26. The van der Waals surface area contributed by atoms with Crippen LogP contribution in [0.5, 0.6) is 11.5 Å². The predicted octanol–water partition coefficient (Wildman–Crippen LogP) is 6.89. The Morgan fingerprint density at radius 1 is 0.667 bits per heavy atom. The number of nitrogens with two attached hydrogens (primary N) is 2. The van der Waals surface area contributed by atoms with E-state index in [-0.39, 0.29) is 108 Å². The number of carbonyl (C=O) groups excluding carboxylic acids is 5. The Balaban J connectivity index is 0.000000307. The minimum absolute atomic E-state index is 0.00484. The van der Waals surface area contributed by atoms with Gasteiger partial charge < -0.3 is 57.9 Å². The number of nitro groups is 1. The van der Waals surface area contributed by atoms with Gasteiger partial charge >= 0.3 is 6.09 Å². The second-order valence-electron chi connectivity index (χ2n) is 22.2. The van der Waals surface area contributed by atoms with E-state index in [1.807, 2.05) is 66.7 Å². The summed E-state index contributed by atoms with van der Waals surface area (Å²) in [6.07, 6.45) is 3.36. The number of alkyl carbamates (subject to hydrolysis) is 1. The molecule has 0 saturated carbocycles. The van der Waals surface area contributed by atoms with E-state index in [4.69, 9.17) is 31.8 Å². The molecule has 2 atom stereocenters. The number of aromatic hydroxyl groups is 1. The van der Waals surface area contributed by atoms with Crippen LogP contribution in [-0.4, -0.2) is 102 Å². The molecule has 28 nitrogen and oxygen atoms in total. The summed E-state index contributed by atoms with van der Waals surface area (Å²) in [5.41, 5.74) is 14.0. The molecule has 2 heterocycles. The van der Waals surface area contributed by atoms with Gasteiger partial charge in [0.1, 0.15) is 42.9 Å². The fraction of sp³-hybridized carbons (Fsp3) is 0.308. The summed E-state index contributed by atoms with van der Waals surface area (Å²) in [4.78, 5) is 111. The number of nitro benzene ring substituents is 1. The van der Waals surface area contributed by atoms with E-state index in [0.717, 1.165) is 22.6 Å². The van der Waals surface area contributed by atoms with Crippen LogP contribution in [0.2, 0.25) is 0 Å². The van der Waals surface area contributed by atoms with Crippen molar-refractivity contribution >= 4 is 64.4 Å². The molecule has 0 spiro atoms. The predicted molar refractivity (Wildman–Crippen MR) is 353 cm³/mol. The number of nitrogen functional groups attached to an aromatic ring is 2. The Bertz CT molecular complexity index is 4040. The number of phenols is 1. The smallest absolute Gasteiger partial charge is 0.413 e. The Kier molecular flexibility index (Phi) is 25.0. The summed E-state index contributed by atoms with van der Waals surface area (Å²) in [6.45, 7) is 14.0. The van der Waals surface area contributed by atoms with Gasteiger partial charge in [0.2, 0.25) is 11.8 Å². The lowest BCUT2D eigenvalue weighted by Gasteiger charge is -2.17. The molecule has 0 saturated heterocycles. The summed E-state index contributed by atoms with van der Waals surface area (Å²) < 4.78 is 13.1. The lowest BCUT2D eigenvalue weighted by molar-refractivity contribution is -0.384. The molecule has 0 aliphatic carbocycles. The third-order valence-corrected chi connectivity index (χ3v) is 14.1. The Labute approximate surface area is 536 Å². The van der Waals surface area contributed by atoms with E-state index in [0.29, 0.717) is 56.9 Å². The highest BCUT2D eigenvalue weighted by atomic mass is 16.6. The van der Waals surface area contributed by atoms with Gasteiger partial charge in [-0.2, -0.15) is 0 Å². The Morgan fingerprint density at radius 2 is 1.17 bits per heavy atom. The molecule has 7 rings (SSSR count). The number of methoxy groups -OCH3 is 1. The van der Waals surface area contributed by atoms with Gasteiger partial charge in [0.05, 0.1) is 35.8 Å². The number of amides is 5. The first kappa shape index (κ1) is 70.6. The molecule has 2 aromatic heterocycles. The van der Waals surface area contributed by atoms with Crippen LogP contribution >= 0.6 is 0 Å². The number of benzene rings is 5. The van der Waals surface area contributed by atoms with E-state index in [9.17, 15) is 48.8 Å². The summed E-state index contributed by atoms with van der Waals surface area (Å²) in [5.74, 6) is -2.12. The molecule has 490 valence electrons. The van der Waals surface area contributed by atoms with Crippen molar-refractivity contribution in [2.45, 2.75) is 125 Å². The van der Waals surface area contributed by atoms with E-state index in [2.05, 4.69) is 47.2 Å². The first-order valence-corrected chi connectivity index (χ1v) is 29.7. The zero-order valence-corrected chi connectivity index (χ0v) is 53.1. The molecule has 93 heavy (non-hydrogen) atoms. The minimum atomic E-state index is -0.803. The summed E-state index contributed by atoms with van der Waals surface area (Å²) >= 11 is 0. The van der Waals surface area contributed by atoms with Crippen molar-refractivity contribution in [2.24, 2.45) is 5.73 Å². The van der Waals surface area contributed by atoms with Crippen molar-refractivity contribution in [3.63, 3.8) is 0 Å². The standard InChI is InChI=1S/C37H42N8O8.C28H36N8O4/c1-6-23(4)42-35(47)28-14-27(15-29(16-28)45(50)51)30-19-40-34(41-22(2)3)36(48)44(30)20-32(46)39-18-26-13-12-25(17-31(26)52-5)33(38)43-37(49)53-21-24-10-8-7-9-11-24;1-5-16(4)35-27(39)20-8-19(9-21(29)10-20)22-13-33-26(34-15(2)3)28(40)36(22)14-24(38)32-12-18-7-6-17(25(30)31)11-23(18)37/h7-17,19,22-23H,6,18,20-21H2,1-5H3,(H,39,46)(H,40,41)(H,42,47)(H2,38,43,49);6-11,13,15-16,37H,5,12,14,29H2,1-4H3,(H3,30,31)(H,32,38)(H,33,34)(H,35,39)/t23-;16-/m00/s1. The molecule has 7 aromatic rings. The fourth-order valence-electron chi connectivity index (χ4n) is 8.89. The quantitative estimate of drug-likeness (QED) is 0.00863. The van der Waals surface area contributed by atoms with Gasteiger partial charge in [-0.25, -0.2) is 14.8 Å². The maximum atomic E-state index is 13.7. The molecule has 14 N–H and O–H groups in total. The van der Waals surface area contributed by atoms with Crippen LogP contribution in [0.3, 0.4) is 0 Å². The number of ether oxygens (including phenoxy) is 2. The summed E-state index contributed by atoms with van der Waals surface area (Å²) in [6, 6.07) is 26.3. The highest BCUT2D eigenvalue weighted by Crippen LogP contribution is 2.28. The van der Waals surface area contributed by atoms with Crippen LogP contribution in [0, 0.1) is 20.9 Å². The first-order chi connectivity index (χ1) is 44.2. The molecule has 0 fully saturated rings. The molecule has 0 radical (unpaired) electrons. The van der Waals surface area contributed by atoms with E-state index >= 15 is 0 Å². The number of hydrogen-bond acceptors (Lipinski definition) is 19. The third kappa shape index (κ3) is 20.0. The number of aromatic nitrogens is 4. The number of hydrogen-bond donors (Lipinski definition) is 12. The largest absolute Gasteiger partial charge is 0.508 e. The van der Waals surface area contributed by atoms with Crippen molar-refractivity contribution in [3.05, 3.63) is 185 Å². The molecular formula is C65H78N16O12. The van der Waals surface area contributed by atoms with Crippen LogP contribution in [-0.2, 0) is 47.1 Å². The normalized spacial score (nSPS) is 11.4. The zero-order valence-electron chi connectivity index (χ0n) is 53.1. The Hall–Kier alpha value is -11.5. The van der Waals surface area contributed by atoms with Gasteiger partial charge in [0, 0.05) is 99.6 Å². The van der Waals surface area contributed by atoms with Crippen LogP contribution in [0.1, 0.15) is 117 Å². The highest BCUT2D eigenvalue weighted by molar-refractivity contribution is 6.05. The molecule has 5 aromatic carbocycles. The van der Waals surface area contributed by atoms with Gasteiger partial charge in [-0.05, 0) is 96.3 Å². The topological polar surface area (TPSA) is 421 Å². The van der Waals surface area contributed by atoms with E-state index in [1.54, 1.807) is 61.5 Å². The number of non-ortho nitro benzene ring substituents is 1. The number of anilines is 3. The number of nitrogens with one attached hydrogen (secondary N) is 9. The van der Waals surface area contributed by atoms with Crippen LogP contribution < -0.4 is 64.5 Å². The summed E-state index contributed by atoms with van der Waals surface area (Å²) in [5, 5.41) is 57.4. The van der Waals surface area contributed by atoms with Gasteiger partial charge in [-0.1, -0.05) is 68.4 Å². The number of amidine groups is 2. The number of nitrogens with zero attached hydrogens (tertiary/aromatic N) is 5. The summed E-state index contributed by atoms with van der Waals surface area (Å²) in [7, 11) is 1.41. The second kappa shape index (κ2) is 32.9. The van der Waals surface area contributed by atoms with Crippen molar-refractivity contribution in [1.29, 1.82) is 10.8 Å². The van der Waals surface area contributed by atoms with E-state index in [1.165, 1.54) is 48.3 Å². The van der Waals surface area contributed by atoms with Gasteiger partial charge in [-0.3, -0.25) is 64.2 Å². The highest BCUT2D eigenvalue weighted by Gasteiger charge is 2.23. The molecule has 0 aliphatic heterocycles. The van der Waals surface area contributed by atoms with Crippen LogP contribution in [0.15, 0.2) is 125 Å². The number of carbonyl (C=O) groups is 5. The molecule has 0 aliphatic rings. The van der Waals surface area contributed by atoms with Gasteiger partial charge in [0.25, 0.3) is 28.6 Å². The van der Waals surface area contributed by atoms with Crippen molar-refractivity contribution in [3.8, 4) is 34.0 Å². The molecule has 28 heteroatoms. The molecule has 0 unspecified atom stereocenters. The van der Waals surface area contributed by atoms with Gasteiger partial charge in [0.15, 0.2) is 11.6 Å². The maximum absolute atomic E-state index is 13.7. The van der Waals surface area contributed by atoms with Crippen molar-refractivity contribution < 1.29 is 43.5 Å². The second-order valence-corrected chi connectivity index (χ2v) is 22.2. The van der Waals surface area contributed by atoms with Crippen molar-refractivity contribution in [2.75, 3.05) is 23.5 Å². The lowest BCUT2D eigenvalue weighted by atomic mass is 10.1. The Morgan fingerprint density at radius 3 is 1.67 bits per heavy atom. The monoisotopic (exact) mass is 1270 g/mol. The van der Waals surface area contributed by atoms with Gasteiger partial charge in [-0.15, -0.1) is 0 Å². The van der Waals surface area contributed by atoms with Crippen molar-refractivity contribution in [1.82, 2.24) is 45.7 Å². The minimum Gasteiger partial charge on any atom is -0.508 e.